The molecule has 0 aromatic rings. The molecule has 3 unspecified atom stereocenters. The van der Waals surface area contributed by atoms with E-state index < -0.39 is 0 Å². The van der Waals surface area contributed by atoms with Crippen LogP contribution in [0.1, 0.15) is 47.5 Å². The monoisotopic (exact) mass is 270 g/mol. The first-order chi connectivity index (χ1) is 8.96. The fraction of sp³-hybridized carbons (Fsp3) is 1.00. The summed E-state index contributed by atoms with van der Waals surface area (Å²) in [5.74, 6) is 0.772. The number of nitrogens with one attached hydrogen (secondary N) is 1. The van der Waals surface area contributed by atoms with E-state index in [1.807, 2.05) is 0 Å². The molecule has 3 nitrogen and oxygen atoms in total. The van der Waals surface area contributed by atoms with E-state index >= 15 is 0 Å². The van der Waals surface area contributed by atoms with Crippen LogP contribution in [0.3, 0.4) is 0 Å². The van der Waals surface area contributed by atoms with Gasteiger partial charge in [0.15, 0.2) is 0 Å². The predicted molar refractivity (Wildman–Crippen MR) is 82.6 cm³/mol. The molecule has 1 fully saturated rings. The Morgan fingerprint density at radius 2 is 2.05 bits per heavy atom. The minimum absolute atomic E-state index is 0.435. The maximum Gasteiger partial charge on any atom is 0.0615 e. The maximum absolute atomic E-state index is 5.31. The lowest BCUT2D eigenvalue weighted by Crippen LogP contribution is -2.47. The summed E-state index contributed by atoms with van der Waals surface area (Å²) in [5, 5.41) is 3.73. The predicted octanol–water partition coefficient (Wildman–Crippen LogP) is 2.76. The van der Waals surface area contributed by atoms with Crippen LogP contribution >= 0.6 is 0 Å². The van der Waals surface area contributed by atoms with Gasteiger partial charge >= 0.3 is 0 Å². The fourth-order valence-corrected chi connectivity index (χ4v) is 3.65. The van der Waals surface area contributed by atoms with Crippen molar-refractivity contribution in [2.45, 2.75) is 59.5 Å². The van der Waals surface area contributed by atoms with E-state index in [0.29, 0.717) is 17.5 Å². The van der Waals surface area contributed by atoms with Crippen LogP contribution in [0.2, 0.25) is 0 Å². The van der Waals surface area contributed by atoms with Crippen LogP contribution in [0.25, 0.3) is 0 Å². The topological polar surface area (TPSA) is 24.5 Å². The average molecular weight is 270 g/mol. The number of hydrogen-bond donors (Lipinski definition) is 1. The second-order valence-electron chi connectivity index (χ2n) is 6.71. The molecule has 0 spiro atoms. The van der Waals surface area contributed by atoms with E-state index in [-0.39, 0.29) is 0 Å². The van der Waals surface area contributed by atoms with E-state index in [1.165, 1.54) is 19.4 Å². The maximum atomic E-state index is 5.31. The van der Waals surface area contributed by atoms with Gasteiger partial charge in [0, 0.05) is 25.7 Å². The molecule has 3 heteroatoms. The van der Waals surface area contributed by atoms with Gasteiger partial charge in [0.1, 0.15) is 0 Å². The lowest BCUT2D eigenvalue weighted by atomic mass is 9.84. The molecular formula is C16H34N2O. The molecule has 0 aromatic heterocycles. The quantitative estimate of drug-likeness (QED) is 0.734. The van der Waals surface area contributed by atoms with Crippen molar-refractivity contribution >= 4 is 0 Å². The van der Waals surface area contributed by atoms with Gasteiger partial charge in [-0.3, -0.25) is 4.90 Å². The molecule has 114 valence electrons. The van der Waals surface area contributed by atoms with Crippen LogP contribution in [-0.2, 0) is 4.74 Å². The van der Waals surface area contributed by atoms with E-state index in [4.69, 9.17) is 4.74 Å². The third-order valence-corrected chi connectivity index (χ3v) is 4.80. The van der Waals surface area contributed by atoms with E-state index in [2.05, 4.69) is 44.8 Å². The van der Waals surface area contributed by atoms with Crippen molar-refractivity contribution in [3.8, 4) is 0 Å². The zero-order chi connectivity index (χ0) is 14.5. The first kappa shape index (κ1) is 16.9. The summed E-state index contributed by atoms with van der Waals surface area (Å²) in [4.78, 5) is 2.57. The van der Waals surface area contributed by atoms with Crippen molar-refractivity contribution < 1.29 is 4.74 Å². The van der Waals surface area contributed by atoms with Crippen molar-refractivity contribution in [2.24, 2.45) is 11.3 Å². The van der Waals surface area contributed by atoms with Crippen molar-refractivity contribution in [2.75, 3.05) is 33.4 Å². The van der Waals surface area contributed by atoms with Crippen molar-refractivity contribution in [3.05, 3.63) is 0 Å². The summed E-state index contributed by atoms with van der Waals surface area (Å²) in [6.07, 6.45) is 2.69. The Hall–Kier alpha value is -0.120. The van der Waals surface area contributed by atoms with Gasteiger partial charge in [-0.25, -0.2) is 0 Å². The van der Waals surface area contributed by atoms with Gasteiger partial charge in [-0.05, 0) is 44.2 Å². The lowest BCUT2D eigenvalue weighted by molar-refractivity contribution is 0.0850. The summed E-state index contributed by atoms with van der Waals surface area (Å²) in [6.45, 7) is 15.8. The van der Waals surface area contributed by atoms with Gasteiger partial charge in [0.2, 0.25) is 0 Å². The molecule has 0 radical (unpaired) electrons. The van der Waals surface area contributed by atoms with Crippen molar-refractivity contribution in [3.63, 3.8) is 0 Å². The minimum atomic E-state index is 0.435. The molecule has 1 saturated carbocycles. The van der Waals surface area contributed by atoms with Gasteiger partial charge in [0.25, 0.3) is 0 Å². The van der Waals surface area contributed by atoms with E-state index in [0.717, 1.165) is 25.6 Å². The third-order valence-electron chi connectivity index (χ3n) is 4.80. The number of ether oxygens (including phenoxy) is 1. The van der Waals surface area contributed by atoms with Gasteiger partial charge in [-0.15, -0.1) is 0 Å². The Bertz CT molecular complexity index is 255. The van der Waals surface area contributed by atoms with Crippen LogP contribution in [0.4, 0.5) is 0 Å². The van der Waals surface area contributed by atoms with Crippen LogP contribution in [-0.4, -0.2) is 50.3 Å². The molecule has 0 bridgehead atoms. The van der Waals surface area contributed by atoms with Crippen LogP contribution in [0.5, 0.6) is 0 Å². The molecule has 1 aliphatic rings. The summed E-state index contributed by atoms with van der Waals surface area (Å²) in [6, 6.07) is 1.17. The first-order valence-electron chi connectivity index (χ1n) is 7.92. The molecule has 0 heterocycles. The van der Waals surface area contributed by atoms with Gasteiger partial charge in [0.05, 0.1) is 6.61 Å². The lowest BCUT2D eigenvalue weighted by Gasteiger charge is -2.36. The zero-order valence-corrected chi connectivity index (χ0v) is 13.8. The second kappa shape index (κ2) is 7.61. The molecule has 1 rings (SSSR count). The Labute approximate surface area is 120 Å². The Morgan fingerprint density at radius 1 is 1.37 bits per heavy atom. The smallest absolute Gasteiger partial charge is 0.0615 e. The molecule has 1 N–H and O–H groups in total. The zero-order valence-electron chi connectivity index (χ0n) is 13.8. The number of likely N-dealkylation sites (N-methyl/N-ethyl adjacent to an activating group) is 1. The molecule has 0 aromatic carbocycles. The van der Waals surface area contributed by atoms with Crippen LogP contribution < -0.4 is 5.32 Å². The van der Waals surface area contributed by atoms with Gasteiger partial charge < -0.3 is 10.1 Å². The van der Waals surface area contributed by atoms with Crippen LogP contribution in [0, 0.1) is 11.3 Å². The number of methoxy groups -OCH3 is 1. The van der Waals surface area contributed by atoms with Gasteiger partial charge in [-0.2, -0.15) is 0 Å². The second-order valence-corrected chi connectivity index (χ2v) is 6.71. The Kier molecular flexibility index (Phi) is 6.78. The molecule has 0 saturated heterocycles. The molecule has 0 aliphatic heterocycles. The van der Waals surface area contributed by atoms with E-state index in [9.17, 15) is 0 Å². The molecule has 3 atom stereocenters. The van der Waals surface area contributed by atoms with Gasteiger partial charge in [-0.1, -0.05) is 27.7 Å². The summed E-state index contributed by atoms with van der Waals surface area (Å²) < 4.78 is 5.31. The highest BCUT2D eigenvalue weighted by molar-refractivity contribution is 4.97. The third kappa shape index (κ3) is 4.44. The SMILES string of the molecule is CCNC1C(CN(CC)C(C)COC)CCC1(C)C. The first-order valence-corrected chi connectivity index (χ1v) is 7.92. The fourth-order valence-electron chi connectivity index (χ4n) is 3.65. The molecule has 19 heavy (non-hydrogen) atoms. The number of rotatable bonds is 8. The van der Waals surface area contributed by atoms with Crippen molar-refractivity contribution in [1.82, 2.24) is 10.2 Å². The normalized spacial score (nSPS) is 27.9. The highest BCUT2D eigenvalue weighted by Crippen LogP contribution is 2.41. The molecule has 1 aliphatic carbocycles. The van der Waals surface area contributed by atoms with E-state index in [1.54, 1.807) is 7.11 Å². The van der Waals surface area contributed by atoms with Crippen molar-refractivity contribution in [1.29, 1.82) is 0 Å². The molecule has 0 amide bonds. The van der Waals surface area contributed by atoms with Crippen LogP contribution in [0.15, 0.2) is 0 Å². The Balaban J connectivity index is 2.63. The molecular weight excluding hydrogens is 236 g/mol. The summed E-state index contributed by atoms with van der Waals surface area (Å²) in [5.41, 5.74) is 0.435. The Morgan fingerprint density at radius 3 is 2.58 bits per heavy atom. The number of hydrogen-bond acceptors (Lipinski definition) is 3. The standard InChI is InChI=1S/C16H34N2O/c1-7-17-15-14(9-10-16(15,4)5)11-18(8-2)13(3)12-19-6/h13-15,17H,7-12H2,1-6H3. The highest BCUT2D eigenvalue weighted by atomic mass is 16.5. The number of nitrogens with zero attached hydrogens (tertiary/aromatic N) is 1. The minimum Gasteiger partial charge on any atom is -0.383 e. The average Bonchev–Trinajstić information content (AvgIpc) is 2.63. The largest absolute Gasteiger partial charge is 0.383 e. The summed E-state index contributed by atoms with van der Waals surface area (Å²) in [7, 11) is 1.80. The summed E-state index contributed by atoms with van der Waals surface area (Å²) >= 11 is 0. The highest BCUT2D eigenvalue weighted by Gasteiger charge is 2.41.